The van der Waals surface area contributed by atoms with Crippen molar-refractivity contribution in [2.45, 2.75) is 26.7 Å². The molecular weight excluding hydrogens is 243 g/mol. The Morgan fingerprint density at radius 3 is 2.15 bits per heavy atom. The molecule has 1 aliphatic carbocycles. The third-order valence-electron chi connectivity index (χ3n) is 2.58. The molecule has 0 saturated heterocycles. The summed E-state index contributed by atoms with van der Waals surface area (Å²) >= 11 is 0. The average molecular weight is 257 g/mol. The molecule has 0 aromatic rings. The number of hydrogen-bond donors (Lipinski definition) is 0. The summed E-state index contributed by atoms with van der Waals surface area (Å²) in [5, 5.41) is 3.49. The molecule has 1 aliphatic rings. The van der Waals surface area contributed by atoms with Crippen LogP contribution in [0, 0.1) is 11.3 Å². The molecule has 0 aliphatic heterocycles. The molecule has 1 rings (SSSR count). The first-order valence-corrected chi connectivity index (χ1v) is 4.19. The van der Waals surface area contributed by atoms with Crippen LogP contribution in [0.1, 0.15) is 26.7 Å². The fraction of sp³-hybridized carbons (Fsp3) is 0.778. The summed E-state index contributed by atoms with van der Waals surface area (Å²) in [4.78, 5) is 22.6. The van der Waals surface area contributed by atoms with E-state index in [2.05, 4.69) is 5.32 Å². The Morgan fingerprint density at radius 2 is 1.85 bits per heavy atom. The molecule has 3 nitrogen and oxygen atoms in total. The van der Waals surface area contributed by atoms with E-state index in [9.17, 15) is 9.59 Å². The fourth-order valence-corrected chi connectivity index (χ4v) is 1.26. The summed E-state index contributed by atoms with van der Waals surface area (Å²) in [7, 11) is 1.43. The van der Waals surface area contributed by atoms with Gasteiger partial charge in [-0.25, -0.2) is 0 Å². The van der Waals surface area contributed by atoms with Crippen molar-refractivity contribution >= 4 is 11.7 Å². The van der Waals surface area contributed by atoms with Gasteiger partial charge >= 0.3 is 0 Å². The second kappa shape index (κ2) is 4.65. The Bertz CT molecular complexity index is 224. The Balaban J connectivity index is 0.00000144. The topological polar surface area (TPSA) is 48.2 Å². The zero-order valence-corrected chi connectivity index (χ0v) is 11.2. The van der Waals surface area contributed by atoms with Crippen molar-refractivity contribution < 1.29 is 42.3 Å². The third-order valence-corrected chi connectivity index (χ3v) is 2.58. The number of ketones is 1. The number of carbonyl (C=O) groups excluding carboxylic acids is 2. The maximum atomic E-state index is 11.5. The first kappa shape index (κ1) is 13.2. The van der Waals surface area contributed by atoms with Crippen molar-refractivity contribution in [3.05, 3.63) is 5.32 Å². The second-order valence-corrected chi connectivity index (χ2v) is 3.71. The van der Waals surface area contributed by atoms with Crippen molar-refractivity contribution in [3.63, 3.8) is 0 Å². The van der Waals surface area contributed by atoms with Crippen LogP contribution < -0.4 is 0 Å². The van der Waals surface area contributed by atoms with E-state index in [-0.39, 0.29) is 49.8 Å². The van der Waals surface area contributed by atoms with Gasteiger partial charge in [-0.15, -0.1) is 7.05 Å². The van der Waals surface area contributed by atoms with E-state index < -0.39 is 5.92 Å². The van der Waals surface area contributed by atoms with Crippen LogP contribution in [-0.2, 0) is 42.3 Å². The van der Waals surface area contributed by atoms with Gasteiger partial charge in [-0.1, -0.05) is 13.8 Å². The minimum Gasteiger partial charge on any atom is -0.655 e. The van der Waals surface area contributed by atoms with Gasteiger partial charge in [0.15, 0.2) is 0 Å². The van der Waals surface area contributed by atoms with Crippen LogP contribution >= 0.6 is 0 Å². The van der Waals surface area contributed by atoms with Gasteiger partial charge in [-0.05, 0) is 12.8 Å². The maximum Gasteiger partial charge on any atom is 0.147 e. The van der Waals surface area contributed by atoms with Gasteiger partial charge in [0, 0.05) is 38.1 Å². The molecule has 1 saturated carbocycles. The first-order valence-electron chi connectivity index (χ1n) is 4.19. The minimum atomic E-state index is -0.539. The third kappa shape index (κ3) is 2.85. The SMILES string of the molecule is C[N-]C(=O)C(C)C(=O)C1(C)CC1.[Y]. The van der Waals surface area contributed by atoms with Gasteiger partial charge in [0.1, 0.15) is 5.78 Å². The van der Waals surface area contributed by atoms with E-state index in [1.807, 2.05) is 6.92 Å². The van der Waals surface area contributed by atoms with Gasteiger partial charge in [0.05, 0.1) is 11.8 Å². The van der Waals surface area contributed by atoms with Crippen molar-refractivity contribution in [1.82, 2.24) is 0 Å². The Kier molecular flexibility index (Phi) is 4.74. The molecular formula is C9H14NO2Y-. The van der Waals surface area contributed by atoms with Crippen LogP contribution in [0.15, 0.2) is 0 Å². The Morgan fingerprint density at radius 1 is 1.38 bits per heavy atom. The van der Waals surface area contributed by atoms with Crippen LogP contribution in [0.4, 0.5) is 0 Å². The molecule has 0 N–H and O–H groups in total. The minimum absolute atomic E-state index is 0. The van der Waals surface area contributed by atoms with Gasteiger partial charge < -0.3 is 10.1 Å². The summed E-state index contributed by atoms with van der Waals surface area (Å²) in [6, 6.07) is 0. The van der Waals surface area contributed by atoms with Gasteiger partial charge in [0.2, 0.25) is 0 Å². The molecule has 1 atom stereocenters. The number of amides is 1. The number of carbonyl (C=O) groups is 2. The summed E-state index contributed by atoms with van der Waals surface area (Å²) in [5.74, 6) is -0.784. The van der Waals surface area contributed by atoms with Gasteiger partial charge in [0.25, 0.3) is 0 Å². The van der Waals surface area contributed by atoms with Crippen molar-refractivity contribution in [2.75, 3.05) is 7.05 Å². The van der Waals surface area contributed by atoms with Crippen molar-refractivity contribution in [1.29, 1.82) is 0 Å². The van der Waals surface area contributed by atoms with E-state index in [0.29, 0.717) is 0 Å². The average Bonchev–Trinajstić information content (AvgIpc) is 2.81. The Hall–Kier alpha value is 0.244. The normalized spacial score (nSPS) is 19.6. The van der Waals surface area contributed by atoms with Crippen LogP contribution in [0.2, 0.25) is 0 Å². The zero-order valence-electron chi connectivity index (χ0n) is 8.33. The van der Waals surface area contributed by atoms with E-state index in [1.165, 1.54) is 7.05 Å². The largest absolute Gasteiger partial charge is 0.655 e. The molecule has 0 aromatic heterocycles. The predicted octanol–water partition coefficient (Wildman–Crippen LogP) is 1.52. The van der Waals surface area contributed by atoms with Crippen LogP contribution in [0.3, 0.4) is 0 Å². The molecule has 1 fully saturated rings. The molecule has 1 amide bonds. The van der Waals surface area contributed by atoms with Crippen molar-refractivity contribution in [3.8, 4) is 0 Å². The molecule has 1 unspecified atom stereocenters. The van der Waals surface area contributed by atoms with E-state index >= 15 is 0 Å². The number of nitrogens with zero attached hydrogens (tertiary/aromatic N) is 1. The fourth-order valence-electron chi connectivity index (χ4n) is 1.26. The molecule has 71 valence electrons. The van der Waals surface area contributed by atoms with Gasteiger partial charge in [-0.2, -0.15) is 0 Å². The molecule has 1 radical (unpaired) electrons. The zero-order chi connectivity index (χ0) is 9.35. The standard InChI is InChI=1S/C9H15NO2.Y/c1-6(8(12)10-3)7(11)9(2)4-5-9;/h6H,4-5H2,1-3H3,(H,10,12);/p-1. The predicted molar refractivity (Wildman–Crippen MR) is 45.8 cm³/mol. The van der Waals surface area contributed by atoms with E-state index in [1.54, 1.807) is 6.92 Å². The maximum absolute atomic E-state index is 11.5. The monoisotopic (exact) mass is 257 g/mol. The summed E-state index contributed by atoms with van der Waals surface area (Å²) in [6.45, 7) is 3.55. The summed E-state index contributed by atoms with van der Waals surface area (Å²) in [5.41, 5.74) is -0.209. The quantitative estimate of drug-likeness (QED) is 0.719. The molecule has 0 aromatic carbocycles. The summed E-state index contributed by atoms with van der Waals surface area (Å²) in [6.07, 6.45) is 1.85. The van der Waals surface area contributed by atoms with E-state index in [4.69, 9.17) is 0 Å². The molecule has 13 heavy (non-hydrogen) atoms. The number of Topliss-reactive ketones (excluding diaryl/α,β-unsaturated/α-hetero) is 1. The first-order chi connectivity index (χ1) is 5.51. The molecule has 0 heterocycles. The molecule has 0 bridgehead atoms. The van der Waals surface area contributed by atoms with E-state index in [0.717, 1.165) is 12.8 Å². The van der Waals surface area contributed by atoms with Crippen molar-refractivity contribution in [2.24, 2.45) is 11.3 Å². The van der Waals surface area contributed by atoms with Crippen LogP contribution in [0.5, 0.6) is 0 Å². The summed E-state index contributed by atoms with van der Waals surface area (Å²) < 4.78 is 0. The number of rotatable bonds is 3. The molecule has 0 spiro atoms. The second-order valence-electron chi connectivity index (χ2n) is 3.71. The van der Waals surface area contributed by atoms with Gasteiger partial charge in [-0.3, -0.25) is 4.79 Å². The smallest absolute Gasteiger partial charge is 0.147 e. The Labute approximate surface area is 104 Å². The number of hydrogen-bond acceptors (Lipinski definition) is 2. The van der Waals surface area contributed by atoms with Crippen LogP contribution in [0.25, 0.3) is 5.32 Å². The van der Waals surface area contributed by atoms with Crippen LogP contribution in [-0.4, -0.2) is 18.7 Å². The molecule has 4 heteroatoms.